The molecule has 264 valence electrons. The number of hydrogen-bond acceptors (Lipinski definition) is 5. The second-order valence-electron chi connectivity index (χ2n) is 13.4. The third-order valence-electron chi connectivity index (χ3n) is 9.35. The van der Waals surface area contributed by atoms with Crippen molar-refractivity contribution in [1.29, 1.82) is 0 Å². The number of nitrogens with zero attached hydrogens (tertiary/aromatic N) is 2. The second kappa shape index (κ2) is 28.2. The van der Waals surface area contributed by atoms with E-state index in [2.05, 4.69) is 0 Å². The predicted octanol–water partition coefficient (Wildman–Crippen LogP) is 12.7. The minimum atomic E-state index is -0.266. The molecule has 0 saturated carbocycles. The van der Waals surface area contributed by atoms with Crippen LogP contribution in [0.25, 0.3) is 0 Å². The van der Waals surface area contributed by atoms with E-state index in [1.54, 1.807) is 24.3 Å². The van der Waals surface area contributed by atoms with Crippen LogP contribution in [0.4, 0.5) is 11.4 Å². The minimum Gasteiger partial charge on any atom is -0.381 e. The third-order valence-corrected chi connectivity index (χ3v) is 9.35. The molecule has 7 nitrogen and oxygen atoms in total. The Kier molecular flexibility index (Phi) is 24.3. The fraction of sp³-hybridized carbons (Fsp3) is 0.700. The van der Waals surface area contributed by atoms with Crippen LogP contribution in [0.5, 0.6) is 0 Å². The highest BCUT2D eigenvalue weighted by molar-refractivity contribution is 5.40. The largest absolute Gasteiger partial charge is 0.381 e. The van der Waals surface area contributed by atoms with Gasteiger partial charge in [-0.3, -0.25) is 20.2 Å². The maximum Gasteiger partial charge on any atom is 0.272 e. The molecule has 0 aliphatic carbocycles. The lowest BCUT2D eigenvalue weighted by atomic mass is 10.0. The summed E-state index contributed by atoms with van der Waals surface area (Å²) < 4.78 is 5.86. The number of para-hydroxylation sites is 2. The number of nitro benzene ring substituents is 2. The van der Waals surface area contributed by atoms with E-state index in [1.807, 2.05) is 24.3 Å². The number of nitro groups is 2. The van der Waals surface area contributed by atoms with Crippen LogP contribution in [-0.4, -0.2) is 23.1 Å². The molecule has 0 radical (unpaired) electrons. The van der Waals surface area contributed by atoms with Crippen LogP contribution in [0.15, 0.2) is 48.5 Å². The molecule has 0 atom stereocenters. The van der Waals surface area contributed by atoms with E-state index in [-0.39, 0.29) is 21.2 Å². The fourth-order valence-corrected chi connectivity index (χ4v) is 6.48. The molecule has 0 N–H and O–H groups in total. The van der Waals surface area contributed by atoms with Gasteiger partial charge in [0, 0.05) is 36.5 Å². The lowest BCUT2D eigenvalue weighted by molar-refractivity contribution is -0.385. The molecule has 0 amide bonds. The summed E-state index contributed by atoms with van der Waals surface area (Å²) in [6.45, 7) is 1.84. The molecule has 2 aromatic carbocycles. The van der Waals surface area contributed by atoms with E-state index in [1.165, 1.54) is 128 Å². The van der Waals surface area contributed by atoms with Crippen molar-refractivity contribution in [2.75, 3.05) is 13.2 Å². The highest BCUT2D eigenvalue weighted by Crippen LogP contribution is 2.22. The van der Waals surface area contributed by atoms with Crippen LogP contribution in [0.2, 0.25) is 0 Å². The second-order valence-corrected chi connectivity index (χ2v) is 13.4. The summed E-state index contributed by atoms with van der Waals surface area (Å²) in [7, 11) is 0. The Balaban J connectivity index is 1.21. The zero-order chi connectivity index (χ0) is 33.6. The quantitative estimate of drug-likeness (QED) is 0.0445. The molecule has 0 heterocycles. The topological polar surface area (TPSA) is 95.5 Å². The summed E-state index contributed by atoms with van der Waals surface area (Å²) in [5, 5.41) is 22.2. The smallest absolute Gasteiger partial charge is 0.272 e. The summed E-state index contributed by atoms with van der Waals surface area (Å²) in [5.74, 6) is 0. The molecule has 47 heavy (non-hydrogen) atoms. The van der Waals surface area contributed by atoms with Crippen molar-refractivity contribution in [3.8, 4) is 0 Å². The Hall–Kier alpha value is -2.80. The van der Waals surface area contributed by atoms with Gasteiger partial charge in [0.2, 0.25) is 0 Å². The van der Waals surface area contributed by atoms with Gasteiger partial charge in [0.1, 0.15) is 0 Å². The van der Waals surface area contributed by atoms with Crippen molar-refractivity contribution in [2.45, 2.75) is 167 Å². The minimum absolute atomic E-state index is 0.263. The van der Waals surface area contributed by atoms with Crippen LogP contribution in [0.3, 0.4) is 0 Å². The normalized spacial score (nSPS) is 11.2. The van der Waals surface area contributed by atoms with E-state index in [9.17, 15) is 20.2 Å². The summed E-state index contributed by atoms with van der Waals surface area (Å²) in [6.07, 6.45) is 32.1. The van der Waals surface area contributed by atoms with Crippen LogP contribution in [-0.2, 0) is 17.6 Å². The Morgan fingerprint density at radius 3 is 0.936 bits per heavy atom. The van der Waals surface area contributed by atoms with Crippen LogP contribution in [0.1, 0.15) is 165 Å². The number of unbranched alkanes of at least 4 members (excludes halogenated alkanes) is 22. The van der Waals surface area contributed by atoms with Crippen molar-refractivity contribution in [3.63, 3.8) is 0 Å². The van der Waals surface area contributed by atoms with Crippen molar-refractivity contribution >= 4 is 11.4 Å². The van der Waals surface area contributed by atoms with Gasteiger partial charge in [-0.05, 0) is 38.5 Å². The molecule has 0 spiro atoms. The molecule has 0 unspecified atom stereocenters. The van der Waals surface area contributed by atoms with Gasteiger partial charge in [0.15, 0.2) is 0 Å². The molecule has 0 fully saturated rings. The van der Waals surface area contributed by atoms with E-state index in [0.717, 1.165) is 62.9 Å². The SMILES string of the molecule is O=[N+]([O-])c1ccccc1CCCCCCCCCCCCCCOCCCCCCCCCCCCCCc1ccccc1[N+](=O)[O-]. The van der Waals surface area contributed by atoms with E-state index < -0.39 is 0 Å². The highest BCUT2D eigenvalue weighted by atomic mass is 16.6. The van der Waals surface area contributed by atoms with Gasteiger partial charge in [0.05, 0.1) is 9.85 Å². The van der Waals surface area contributed by atoms with Gasteiger partial charge in [0.25, 0.3) is 11.4 Å². The maximum atomic E-state index is 11.1. The monoisotopic (exact) mass is 652 g/mol. The number of hydrogen-bond donors (Lipinski definition) is 0. The Morgan fingerprint density at radius 2 is 0.638 bits per heavy atom. The van der Waals surface area contributed by atoms with Gasteiger partial charge < -0.3 is 4.74 Å². The average Bonchev–Trinajstić information content (AvgIpc) is 3.07. The molecule has 0 bridgehead atoms. The van der Waals surface area contributed by atoms with Gasteiger partial charge in [-0.25, -0.2) is 0 Å². The highest BCUT2D eigenvalue weighted by Gasteiger charge is 2.12. The molecular weight excluding hydrogens is 588 g/mol. The molecule has 0 aliphatic rings. The van der Waals surface area contributed by atoms with Gasteiger partial charge in [-0.2, -0.15) is 0 Å². The third kappa shape index (κ3) is 20.9. The Labute approximate surface area is 285 Å². The first-order valence-corrected chi connectivity index (χ1v) is 19.1. The zero-order valence-electron chi connectivity index (χ0n) is 29.4. The zero-order valence-corrected chi connectivity index (χ0v) is 29.4. The van der Waals surface area contributed by atoms with Gasteiger partial charge >= 0.3 is 0 Å². The van der Waals surface area contributed by atoms with E-state index in [4.69, 9.17) is 4.74 Å². The molecule has 2 rings (SSSR count). The van der Waals surface area contributed by atoms with E-state index >= 15 is 0 Å². The Morgan fingerprint density at radius 1 is 0.383 bits per heavy atom. The standard InChI is InChI=1S/C40H64N2O5/c43-41(44)39-33-25-23-31-37(39)29-21-17-13-9-5-1-3-7-11-15-19-27-35-47-36-28-20-16-12-8-4-2-6-10-14-18-22-30-38-32-24-26-34-40(38)42(45)46/h23-26,31-34H,1-22,27-30,35-36H2. The number of rotatable bonds is 32. The lowest BCUT2D eigenvalue weighted by Gasteiger charge is -2.06. The first-order chi connectivity index (χ1) is 23.1. The Bertz CT molecular complexity index is 993. The maximum absolute atomic E-state index is 11.1. The molecule has 0 aliphatic heterocycles. The van der Waals surface area contributed by atoms with Crippen molar-refractivity contribution < 1.29 is 14.6 Å². The molecule has 7 heteroatoms. The predicted molar refractivity (Wildman–Crippen MR) is 195 cm³/mol. The van der Waals surface area contributed by atoms with E-state index in [0.29, 0.717) is 0 Å². The average molecular weight is 653 g/mol. The summed E-state index contributed by atoms with van der Waals surface area (Å²) >= 11 is 0. The van der Waals surface area contributed by atoms with Crippen molar-refractivity contribution in [3.05, 3.63) is 79.9 Å². The molecule has 0 saturated heterocycles. The fourth-order valence-electron chi connectivity index (χ4n) is 6.48. The summed E-state index contributed by atoms with van der Waals surface area (Å²) in [6, 6.07) is 14.3. The number of ether oxygens (including phenoxy) is 1. The number of aryl methyl sites for hydroxylation is 2. The first kappa shape index (κ1) is 40.4. The van der Waals surface area contributed by atoms with Gasteiger partial charge in [-0.15, -0.1) is 0 Å². The van der Waals surface area contributed by atoms with Crippen molar-refractivity contribution in [1.82, 2.24) is 0 Å². The van der Waals surface area contributed by atoms with Crippen LogP contribution in [0, 0.1) is 20.2 Å². The summed E-state index contributed by atoms with van der Waals surface area (Å²) in [5.41, 5.74) is 2.26. The van der Waals surface area contributed by atoms with Crippen LogP contribution < -0.4 is 0 Å². The molecule has 0 aromatic heterocycles. The summed E-state index contributed by atoms with van der Waals surface area (Å²) in [4.78, 5) is 21.7. The number of benzene rings is 2. The molecule has 2 aromatic rings. The first-order valence-electron chi connectivity index (χ1n) is 19.1. The van der Waals surface area contributed by atoms with Crippen LogP contribution >= 0.6 is 0 Å². The lowest BCUT2D eigenvalue weighted by Crippen LogP contribution is -1.97. The van der Waals surface area contributed by atoms with Gasteiger partial charge in [-0.1, -0.05) is 165 Å². The molecular formula is C40H64N2O5. The van der Waals surface area contributed by atoms with Crippen molar-refractivity contribution in [2.24, 2.45) is 0 Å².